The molecule has 0 saturated carbocycles. The monoisotopic (exact) mass is 436 g/mol. The molecule has 2 aromatic carbocycles. The lowest BCUT2D eigenvalue weighted by Crippen LogP contribution is -2.38. The van der Waals surface area contributed by atoms with Crippen LogP contribution in [0.2, 0.25) is 0 Å². The van der Waals surface area contributed by atoms with Crippen LogP contribution in [0.1, 0.15) is 40.2 Å². The molecule has 0 atom stereocenters. The van der Waals surface area contributed by atoms with Crippen LogP contribution in [0.25, 0.3) is 0 Å². The normalized spacial score (nSPS) is 14.5. The fourth-order valence-electron chi connectivity index (χ4n) is 3.77. The van der Waals surface area contributed by atoms with Crippen LogP contribution in [0.3, 0.4) is 0 Å². The van der Waals surface area contributed by atoms with Crippen molar-refractivity contribution in [2.75, 3.05) is 31.6 Å². The van der Waals surface area contributed by atoms with E-state index >= 15 is 0 Å². The predicted octanol–water partition coefficient (Wildman–Crippen LogP) is 4.09. The molecule has 0 bridgehead atoms. The van der Waals surface area contributed by atoms with Gasteiger partial charge in [-0.3, -0.25) is 4.79 Å². The highest BCUT2D eigenvalue weighted by Crippen LogP contribution is 2.25. The van der Waals surface area contributed by atoms with Crippen LogP contribution in [0.5, 0.6) is 5.75 Å². The van der Waals surface area contributed by atoms with Gasteiger partial charge in [0.2, 0.25) is 5.13 Å². The maximum atomic E-state index is 12.4. The molecule has 1 aliphatic rings. The van der Waals surface area contributed by atoms with Crippen LogP contribution in [0.4, 0.5) is 5.13 Å². The number of aryl methyl sites for hydroxylation is 1. The molecule has 7 heteroatoms. The first kappa shape index (κ1) is 21.3. The third kappa shape index (κ3) is 5.61. The summed E-state index contributed by atoms with van der Waals surface area (Å²) in [6.07, 6.45) is 2.83. The zero-order valence-electron chi connectivity index (χ0n) is 18.0. The van der Waals surface area contributed by atoms with E-state index in [-0.39, 0.29) is 5.91 Å². The summed E-state index contributed by atoms with van der Waals surface area (Å²) in [5.74, 6) is 2.01. The molecule has 0 aliphatic carbocycles. The molecule has 162 valence electrons. The van der Waals surface area contributed by atoms with Gasteiger partial charge in [-0.1, -0.05) is 35.9 Å². The van der Waals surface area contributed by atoms with Crippen molar-refractivity contribution >= 4 is 22.6 Å². The summed E-state index contributed by atoms with van der Waals surface area (Å²) in [5, 5.41) is 4.07. The number of rotatable bonds is 7. The van der Waals surface area contributed by atoms with Gasteiger partial charge in [-0.2, -0.15) is 4.37 Å². The fourth-order valence-corrected chi connectivity index (χ4v) is 4.50. The van der Waals surface area contributed by atoms with E-state index in [9.17, 15) is 4.79 Å². The number of aromatic nitrogens is 2. The number of amides is 1. The van der Waals surface area contributed by atoms with Crippen molar-refractivity contribution in [3.05, 3.63) is 71.0 Å². The maximum Gasteiger partial charge on any atom is 0.251 e. The molecule has 0 unspecified atom stereocenters. The van der Waals surface area contributed by atoms with Crippen molar-refractivity contribution < 1.29 is 9.53 Å². The van der Waals surface area contributed by atoms with Gasteiger partial charge in [0.15, 0.2) is 0 Å². The highest BCUT2D eigenvalue weighted by Gasteiger charge is 2.22. The van der Waals surface area contributed by atoms with Crippen LogP contribution >= 0.6 is 11.5 Å². The first-order valence-corrected chi connectivity index (χ1v) is 11.4. The lowest BCUT2D eigenvalue weighted by atomic mass is 9.97. The number of hydrogen-bond donors (Lipinski definition) is 1. The molecule has 6 nitrogen and oxygen atoms in total. The molecule has 1 saturated heterocycles. The number of carbonyl (C=O) groups excluding carboxylic acids is 1. The van der Waals surface area contributed by atoms with E-state index in [0.29, 0.717) is 23.8 Å². The number of hydrogen-bond acceptors (Lipinski definition) is 6. The molecule has 1 N–H and O–H groups in total. The Morgan fingerprint density at radius 1 is 1.19 bits per heavy atom. The van der Waals surface area contributed by atoms with Crippen molar-refractivity contribution in [3.63, 3.8) is 0 Å². The predicted molar refractivity (Wildman–Crippen MR) is 124 cm³/mol. The number of benzene rings is 2. The van der Waals surface area contributed by atoms with Crippen molar-refractivity contribution in [1.82, 2.24) is 14.7 Å². The molecule has 3 aromatic rings. The third-order valence-electron chi connectivity index (χ3n) is 5.71. The second-order valence-electron chi connectivity index (χ2n) is 8.03. The Balaban J connectivity index is 1.24. The molecule has 4 rings (SSSR count). The van der Waals surface area contributed by atoms with E-state index in [4.69, 9.17) is 9.72 Å². The van der Waals surface area contributed by atoms with Crippen LogP contribution in [-0.2, 0) is 6.42 Å². The Hall–Kier alpha value is -2.93. The van der Waals surface area contributed by atoms with Gasteiger partial charge in [0, 0.05) is 43.2 Å². The number of nitrogens with one attached hydrogen (secondary N) is 1. The largest absolute Gasteiger partial charge is 0.497 e. The highest BCUT2D eigenvalue weighted by molar-refractivity contribution is 7.09. The Bertz CT molecular complexity index is 1010. The van der Waals surface area contributed by atoms with Crippen LogP contribution in [0.15, 0.2) is 48.5 Å². The van der Waals surface area contributed by atoms with Gasteiger partial charge in [-0.25, -0.2) is 4.98 Å². The smallest absolute Gasteiger partial charge is 0.251 e. The summed E-state index contributed by atoms with van der Waals surface area (Å²) >= 11 is 1.48. The fraction of sp³-hybridized carbons (Fsp3) is 0.375. The third-order valence-corrected chi connectivity index (χ3v) is 6.52. The van der Waals surface area contributed by atoms with Crippen molar-refractivity contribution in [2.24, 2.45) is 5.92 Å². The summed E-state index contributed by atoms with van der Waals surface area (Å²) in [4.78, 5) is 19.5. The van der Waals surface area contributed by atoms with Crippen molar-refractivity contribution in [2.45, 2.75) is 26.2 Å². The van der Waals surface area contributed by atoms with E-state index in [1.165, 1.54) is 22.7 Å². The highest BCUT2D eigenvalue weighted by atomic mass is 32.1. The average Bonchev–Trinajstić information content (AvgIpc) is 3.28. The zero-order valence-corrected chi connectivity index (χ0v) is 18.8. The number of carbonyl (C=O) groups is 1. The summed E-state index contributed by atoms with van der Waals surface area (Å²) in [6, 6.07) is 15.8. The number of ether oxygens (including phenoxy) is 1. The second kappa shape index (κ2) is 9.92. The van der Waals surface area contributed by atoms with E-state index in [1.807, 2.05) is 18.2 Å². The second-order valence-corrected chi connectivity index (χ2v) is 8.76. The van der Waals surface area contributed by atoms with Gasteiger partial charge in [0.25, 0.3) is 5.91 Å². The molecule has 31 heavy (non-hydrogen) atoms. The van der Waals surface area contributed by atoms with Gasteiger partial charge in [0.1, 0.15) is 11.6 Å². The molecular formula is C24H28N4O2S. The first-order valence-electron chi connectivity index (χ1n) is 10.7. The SMILES string of the molecule is COc1cccc(C(=O)NCC2CCN(c3nc(Cc4ccc(C)cc4)ns3)CC2)c1. The summed E-state index contributed by atoms with van der Waals surface area (Å²) in [6.45, 7) is 4.67. The number of methoxy groups -OCH3 is 1. The molecule has 0 spiro atoms. The first-order chi connectivity index (χ1) is 15.1. The quantitative estimate of drug-likeness (QED) is 0.604. The van der Waals surface area contributed by atoms with E-state index in [1.54, 1.807) is 13.2 Å². The minimum atomic E-state index is -0.0498. The zero-order chi connectivity index (χ0) is 21.6. The summed E-state index contributed by atoms with van der Waals surface area (Å²) in [5.41, 5.74) is 3.13. The Kier molecular flexibility index (Phi) is 6.82. The Labute approximate surface area is 187 Å². The average molecular weight is 437 g/mol. The summed E-state index contributed by atoms with van der Waals surface area (Å²) < 4.78 is 9.75. The standard InChI is InChI=1S/C24H28N4O2S/c1-17-6-8-18(9-7-17)14-22-26-24(31-27-22)28-12-10-19(11-13-28)16-25-23(29)20-4-3-5-21(15-20)30-2/h3-9,15,19H,10-14,16H2,1-2H3,(H,25,29). The van der Waals surface area contributed by atoms with E-state index in [2.05, 4.69) is 45.8 Å². The number of piperidine rings is 1. The molecule has 0 radical (unpaired) electrons. The lowest BCUT2D eigenvalue weighted by molar-refractivity contribution is 0.0944. The van der Waals surface area contributed by atoms with Crippen LogP contribution < -0.4 is 15.0 Å². The van der Waals surface area contributed by atoms with E-state index < -0.39 is 0 Å². The van der Waals surface area contributed by atoms with Gasteiger partial charge >= 0.3 is 0 Å². The lowest BCUT2D eigenvalue weighted by Gasteiger charge is -2.31. The molecule has 1 aliphatic heterocycles. The summed E-state index contributed by atoms with van der Waals surface area (Å²) in [7, 11) is 1.61. The van der Waals surface area contributed by atoms with Crippen molar-refractivity contribution in [1.29, 1.82) is 0 Å². The Morgan fingerprint density at radius 2 is 1.97 bits per heavy atom. The topological polar surface area (TPSA) is 67.3 Å². The molecule has 1 amide bonds. The van der Waals surface area contributed by atoms with Gasteiger partial charge in [-0.15, -0.1) is 0 Å². The van der Waals surface area contributed by atoms with Gasteiger partial charge in [-0.05, 0) is 49.4 Å². The number of nitrogens with zero attached hydrogens (tertiary/aromatic N) is 3. The minimum Gasteiger partial charge on any atom is -0.497 e. The maximum absolute atomic E-state index is 12.4. The minimum absolute atomic E-state index is 0.0498. The number of anilines is 1. The van der Waals surface area contributed by atoms with Gasteiger partial charge < -0.3 is 15.0 Å². The molecule has 1 aromatic heterocycles. The molecule has 1 fully saturated rings. The van der Waals surface area contributed by atoms with Crippen molar-refractivity contribution in [3.8, 4) is 5.75 Å². The molecular weight excluding hydrogens is 408 g/mol. The van der Waals surface area contributed by atoms with Crippen LogP contribution in [0, 0.1) is 12.8 Å². The molecule has 2 heterocycles. The van der Waals surface area contributed by atoms with E-state index in [0.717, 1.165) is 43.3 Å². The Morgan fingerprint density at radius 3 is 2.71 bits per heavy atom. The van der Waals surface area contributed by atoms with Gasteiger partial charge in [0.05, 0.1) is 7.11 Å². The van der Waals surface area contributed by atoms with Crippen LogP contribution in [-0.4, -0.2) is 42.0 Å².